The number of aliphatic hydroxyl groups excluding tert-OH is 3. The quantitative estimate of drug-likeness (QED) is 0.564. The van der Waals surface area contributed by atoms with E-state index in [4.69, 9.17) is 4.74 Å². The lowest BCUT2D eigenvalue weighted by Crippen LogP contribution is -2.48. The minimum Gasteiger partial charge on any atom is -0.387 e. The average Bonchev–Trinajstić information content (AvgIpc) is 2.08. The molecule has 0 unspecified atom stereocenters. The zero-order valence-electron chi connectivity index (χ0n) is 6.51. The van der Waals surface area contributed by atoms with E-state index in [1.54, 1.807) is 6.08 Å². The Morgan fingerprint density at radius 1 is 1.33 bits per heavy atom. The molecule has 1 aliphatic rings. The molecule has 0 fully saturated rings. The lowest BCUT2D eigenvalue weighted by molar-refractivity contribution is -0.0986. The van der Waals surface area contributed by atoms with Crippen LogP contribution in [-0.4, -0.2) is 46.8 Å². The first-order valence-corrected chi connectivity index (χ1v) is 4.60. The number of aliphatic hydroxyl groups is 3. The largest absolute Gasteiger partial charge is 0.387 e. The summed E-state index contributed by atoms with van der Waals surface area (Å²) in [5.41, 5.74) is 0. The van der Waals surface area contributed by atoms with Gasteiger partial charge in [0.25, 0.3) is 0 Å². The molecule has 0 aromatic carbocycles. The Hall–Kier alpha value is 0.310. The smallest absolute Gasteiger partial charge is 0.113 e. The third-order valence-electron chi connectivity index (χ3n) is 1.89. The molecule has 1 aliphatic carbocycles. The molecule has 0 aromatic rings. The van der Waals surface area contributed by atoms with E-state index in [0.29, 0.717) is 3.58 Å². The molecule has 0 saturated carbocycles. The number of ether oxygens (including phenoxy) is 1. The predicted molar refractivity (Wildman–Crippen MR) is 50.9 cm³/mol. The van der Waals surface area contributed by atoms with Crippen molar-refractivity contribution >= 4 is 22.6 Å². The Morgan fingerprint density at radius 2 is 1.92 bits per heavy atom. The average molecular weight is 286 g/mol. The van der Waals surface area contributed by atoms with Crippen LogP contribution in [-0.2, 0) is 4.74 Å². The Kier molecular flexibility index (Phi) is 3.47. The van der Waals surface area contributed by atoms with E-state index in [2.05, 4.69) is 0 Å². The fourth-order valence-corrected chi connectivity index (χ4v) is 1.83. The molecule has 0 heterocycles. The number of hydrogen-bond acceptors (Lipinski definition) is 4. The van der Waals surface area contributed by atoms with E-state index >= 15 is 0 Å². The van der Waals surface area contributed by atoms with Gasteiger partial charge >= 0.3 is 0 Å². The van der Waals surface area contributed by atoms with Gasteiger partial charge in [-0.25, -0.2) is 0 Å². The summed E-state index contributed by atoms with van der Waals surface area (Å²) in [6.07, 6.45) is -2.14. The topological polar surface area (TPSA) is 69.9 Å². The summed E-state index contributed by atoms with van der Waals surface area (Å²) in [6.45, 7) is 0. The van der Waals surface area contributed by atoms with Gasteiger partial charge in [-0.2, -0.15) is 0 Å². The Labute approximate surface area is 84.0 Å². The summed E-state index contributed by atoms with van der Waals surface area (Å²) in [6, 6.07) is 0. The van der Waals surface area contributed by atoms with E-state index in [9.17, 15) is 15.3 Å². The second-order valence-electron chi connectivity index (χ2n) is 2.68. The third kappa shape index (κ3) is 1.80. The molecule has 12 heavy (non-hydrogen) atoms. The van der Waals surface area contributed by atoms with Gasteiger partial charge in [-0.05, 0) is 28.7 Å². The lowest BCUT2D eigenvalue weighted by atomic mass is 9.96. The molecular formula is C7H11IO4. The van der Waals surface area contributed by atoms with Crippen LogP contribution in [0, 0.1) is 0 Å². The SMILES string of the molecule is CO[C@@H]1C=C(I)[C@@H](O)[C@@H](O)[C@H]1O. The van der Waals surface area contributed by atoms with E-state index in [1.807, 2.05) is 22.6 Å². The molecule has 3 N–H and O–H groups in total. The van der Waals surface area contributed by atoms with E-state index < -0.39 is 24.4 Å². The van der Waals surface area contributed by atoms with Crippen LogP contribution in [0.25, 0.3) is 0 Å². The van der Waals surface area contributed by atoms with Gasteiger partial charge in [0.05, 0.1) is 0 Å². The second-order valence-corrected chi connectivity index (χ2v) is 3.92. The van der Waals surface area contributed by atoms with Crippen molar-refractivity contribution in [3.63, 3.8) is 0 Å². The van der Waals surface area contributed by atoms with Crippen molar-refractivity contribution < 1.29 is 20.1 Å². The first kappa shape index (κ1) is 10.4. The van der Waals surface area contributed by atoms with Gasteiger partial charge in [0.15, 0.2) is 0 Å². The maximum absolute atomic E-state index is 9.34. The minimum atomic E-state index is -1.16. The first-order chi connectivity index (χ1) is 5.57. The monoisotopic (exact) mass is 286 g/mol. The highest BCUT2D eigenvalue weighted by Gasteiger charge is 2.36. The molecule has 0 radical (unpaired) electrons. The number of rotatable bonds is 1. The maximum atomic E-state index is 9.34. The molecular weight excluding hydrogens is 275 g/mol. The summed E-state index contributed by atoms with van der Waals surface area (Å²) < 4.78 is 5.48. The summed E-state index contributed by atoms with van der Waals surface area (Å²) >= 11 is 1.91. The highest BCUT2D eigenvalue weighted by molar-refractivity contribution is 14.1. The number of hydrogen-bond donors (Lipinski definition) is 3. The van der Waals surface area contributed by atoms with Gasteiger partial charge in [-0.1, -0.05) is 0 Å². The van der Waals surface area contributed by atoms with Gasteiger partial charge in [0.1, 0.15) is 24.4 Å². The summed E-state index contributed by atoms with van der Waals surface area (Å²) in [5, 5.41) is 27.9. The molecule has 0 saturated heterocycles. The zero-order chi connectivity index (χ0) is 9.30. The number of methoxy groups -OCH3 is 1. The van der Waals surface area contributed by atoms with Gasteiger partial charge in [-0.15, -0.1) is 0 Å². The van der Waals surface area contributed by atoms with Crippen molar-refractivity contribution in [2.24, 2.45) is 0 Å². The fraction of sp³-hybridized carbons (Fsp3) is 0.714. The van der Waals surface area contributed by atoms with E-state index in [0.717, 1.165) is 0 Å². The van der Waals surface area contributed by atoms with Crippen LogP contribution in [0.5, 0.6) is 0 Å². The molecule has 0 bridgehead atoms. The molecule has 0 spiro atoms. The Balaban J connectivity index is 2.83. The third-order valence-corrected chi connectivity index (χ3v) is 2.89. The van der Waals surface area contributed by atoms with Crippen molar-refractivity contribution in [3.05, 3.63) is 9.66 Å². The number of halogens is 1. The molecule has 4 atom stereocenters. The van der Waals surface area contributed by atoms with Crippen LogP contribution in [0.4, 0.5) is 0 Å². The predicted octanol–water partition coefficient (Wildman–Crippen LogP) is -0.583. The Bertz CT molecular complexity index is 194. The molecule has 5 heteroatoms. The van der Waals surface area contributed by atoms with Crippen molar-refractivity contribution in [2.75, 3.05) is 7.11 Å². The first-order valence-electron chi connectivity index (χ1n) is 3.52. The molecule has 0 aromatic heterocycles. The van der Waals surface area contributed by atoms with Crippen molar-refractivity contribution in [3.8, 4) is 0 Å². The summed E-state index contributed by atoms with van der Waals surface area (Å²) in [4.78, 5) is 0. The Morgan fingerprint density at radius 3 is 2.42 bits per heavy atom. The highest BCUT2D eigenvalue weighted by Crippen LogP contribution is 2.25. The molecule has 4 nitrogen and oxygen atoms in total. The van der Waals surface area contributed by atoms with Gasteiger partial charge in [0.2, 0.25) is 0 Å². The van der Waals surface area contributed by atoms with Gasteiger partial charge in [-0.3, -0.25) is 0 Å². The minimum absolute atomic E-state index is 0.532. The van der Waals surface area contributed by atoms with E-state index in [1.165, 1.54) is 7.11 Å². The van der Waals surface area contributed by atoms with Crippen LogP contribution >= 0.6 is 22.6 Å². The zero-order valence-corrected chi connectivity index (χ0v) is 8.67. The van der Waals surface area contributed by atoms with Gasteiger partial charge < -0.3 is 20.1 Å². The van der Waals surface area contributed by atoms with Crippen molar-refractivity contribution in [1.82, 2.24) is 0 Å². The van der Waals surface area contributed by atoms with Crippen LogP contribution < -0.4 is 0 Å². The second kappa shape index (κ2) is 4.01. The van der Waals surface area contributed by atoms with Crippen LogP contribution in [0.1, 0.15) is 0 Å². The fourth-order valence-electron chi connectivity index (χ4n) is 1.11. The molecule has 1 rings (SSSR count). The molecule has 70 valence electrons. The van der Waals surface area contributed by atoms with Crippen LogP contribution in [0.15, 0.2) is 9.66 Å². The molecule has 0 aliphatic heterocycles. The van der Waals surface area contributed by atoms with E-state index in [-0.39, 0.29) is 0 Å². The summed E-state index contributed by atoms with van der Waals surface area (Å²) in [5.74, 6) is 0. The summed E-state index contributed by atoms with van der Waals surface area (Å²) in [7, 11) is 1.44. The normalized spacial score (nSPS) is 42.6. The van der Waals surface area contributed by atoms with Crippen LogP contribution in [0.3, 0.4) is 0 Å². The molecule has 0 amide bonds. The maximum Gasteiger partial charge on any atom is 0.113 e. The standard InChI is InChI=1S/C7H11IO4/c1-12-4-2-3(8)5(9)7(11)6(4)10/h2,4-7,9-11H,1H3/t4-,5-,6+,7-/m1/s1. The van der Waals surface area contributed by atoms with Crippen molar-refractivity contribution in [1.29, 1.82) is 0 Å². The van der Waals surface area contributed by atoms with Gasteiger partial charge in [0, 0.05) is 10.7 Å². The van der Waals surface area contributed by atoms with Crippen LogP contribution in [0.2, 0.25) is 0 Å². The van der Waals surface area contributed by atoms with Crippen molar-refractivity contribution in [2.45, 2.75) is 24.4 Å². The highest BCUT2D eigenvalue weighted by atomic mass is 127. The lowest BCUT2D eigenvalue weighted by Gasteiger charge is -2.31.